The van der Waals surface area contributed by atoms with Gasteiger partial charge in [-0.1, -0.05) is 268 Å². The standard InChI is InChI=1S/C77H138O17P2/c1-5-9-13-17-21-25-29-32-35-38-42-45-49-53-57-61-74(79)87-67-72(93-76(81)63-59-55-51-47-41-28-24-20-16-12-8-4)69-91-95(83,84)89-65-71(78)66-90-96(85,86)92-70-73(94-77(82)64-60-56-52-48-44-40-37-34-31-27-23-19-15-11-7-3)68-88-75(80)62-58-54-50-46-43-39-36-33-30-26-22-18-14-10-6-2/h10,14,22-23,26-27,32-37,71-73,78H,5-9,11-13,15-21,24-25,28-31,38-70H2,1-4H3,(H,83,84)(H,85,86)/b14-10-,26-22-,27-23-,35-32-,36-33-,37-34-. The number of carbonyl (C=O) groups excluding carboxylic acids is 4. The van der Waals surface area contributed by atoms with Crippen molar-refractivity contribution in [2.45, 2.75) is 354 Å². The third-order valence-electron chi connectivity index (χ3n) is 16.2. The predicted molar refractivity (Wildman–Crippen MR) is 390 cm³/mol. The number of allylic oxidation sites excluding steroid dienone is 12. The lowest BCUT2D eigenvalue weighted by Gasteiger charge is -2.21. The first-order chi connectivity index (χ1) is 46.7. The molecule has 0 bridgehead atoms. The fourth-order valence-corrected chi connectivity index (χ4v) is 11.9. The lowest BCUT2D eigenvalue weighted by molar-refractivity contribution is -0.161. The van der Waals surface area contributed by atoms with Crippen LogP contribution in [-0.2, 0) is 65.4 Å². The van der Waals surface area contributed by atoms with E-state index in [0.717, 1.165) is 161 Å². The molecule has 0 aromatic rings. The number of unbranched alkanes of at least 4 members (excludes halogenated alkanes) is 34. The molecule has 0 radical (unpaired) electrons. The van der Waals surface area contributed by atoms with Crippen molar-refractivity contribution in [1.29, 1.82) is 0 Å². The number of hydrogen-bond donors (Lipinski definition) is 3. The van der Waals surface area contributed by atoms with Gasteiger partial charge in [0.2, 0.25) is 0 Å². The van der Waals surface area contributed by atoms with Crippen LogP contribution in [0.1, 0.15) is 336 Å². The summed E-state index contributed by atoms with van der Waals surface area (Å²) in [5.41, 5.74) is 0. The van der Waals surface area contributed by atoms with Crippen LogP contribution < -0.4 is 0 Å². The summed E-state index contributed by atoms with van der Waals surface area (Å²) >= 11 is 0. The molecular weight excluding hydrogens is 1260 g/mol. The Kier molecular flexibility index (Phi) is 67.4. The monoisotopic (exact) mass is 1400 g/mol. The molecule has 5 atom stereocenters. The van der Waals surface area contributed by atoms with Crippen molar-refractivity contribution in [3.8, 4) is 0 Å². The number of rotatable bonds is 72. The zero-order valence-electron chi connectivity index (χ0n) is 60.8. The largest absolute Gasteiger partial charge is 0.472 e. The zero-order chi connectivity index (χ0) is 70.4. The van der Waals surface area contributed by atoms with E-state index >= 15 is 0 Å². The molecule has 19 heteroatoms. The molecule has 0 saturated heterocycles. The zero-order valence-corrected chi connectivity index (χ0v) is 62.6. The number of aliphatic hydroxyl groups excluding tert-OH is 1. The molecule has 0 saturated carbocycles. The lowest BCUT2D eigenvalue weighted by Crippen LogP contribution is -2.30. The second kappa shape index (κ2) is 70.0. The summed E-state index contributed by atoms with van der Waals surface area (Å²) in [5, 5.41) is 10.6. The SMILES string of the molecule is CC/C=C\C/C=C\C/C=C\CCCCCCCC(=O)OCC(COP(=O)(O)OCC(O)COP(=O)(O)OCC(COC(=O)CCCCCCC/C=C\CCCCCCCC)OC(=O)CCCCCCCCCCCCC)OC(=O)CCCCCCC/C=C\C/C=C\CCCCC. The van der Waals surface area contributed by atoms with E-state index in [4.69, 9.17) is 37.0 Å². The summed E-state index contributed by atoms with van der Waals surface area (Å²) in [5.74, 6) is -2.20. The van der Waals surface area contributed by atoms with Crippen LogP contribution in [0.3, 0.4) is 0 Å². The van der Waals surface area contributed by atoms with E-state index in [9.17, 15) is 43.2 Å². The van der Waals surface area contributed by atoms with Gasteiger partial charge in [0.05, 0.1) is 26.4 Å². The summed E-state index contributed by atoms with van der Waals surface area (Å²) in [4.78, 5) is 72.8. The molecule has 3 N–H and O–H groups in total. The fourth-order valence-electron chi connectivity index (χ4n) is 10.3. The third-order valence-corrected chi connectivity index (χ3v) is 18.1. The Morgan fingerprint density at radius 1 is 0.302 bits per heavy atom. The highest BCUT2D eigenvalue weighted by atomic mass is 31.2. The minimum Gasteiger partial charge on any atom is -0.462 e. The van der Waals surface area contributed by atoms with Crippen LogP contribution in [0.5, 0.6) is 0 Å². The van der Waals surface area contributed by atoms with E-state index < -0.39 is 97.5 Å². The van der Waals surface area contributed by atoms with Gasteiger partial charge in [0.1, 0.15) is 19.3 Å². The summed E-state index contributed by atoms with van der Waals surface area (Å²) in [6, 6.07) is 0. The predicted octanol–water partition coefficient (Wildman–Crippen LogP) is 21.7. The van der Waals surface area contributed by atoms with Crippen molar-refractivity contribution in [2.75, 3.05) is 39.6 Å². The Labute approximate surface area is 583 Å². The summed E-state index contributed by atoms with van der Waals surface area (Å²) in [7, 11) is -9.94. The van der Waals surface area contributed by atoms with E-state index in [1.165, 1.54) is 96.3 Å². The molecule has 0 aromatic carbocycles. The van der Waals surface area contributed by atoms with Crippen molar-refractivity contribution in [3.63, 3.8) is 0 Å². The van der Waals surface area contributed by atoms with Crippen LogP contribution in [0.2, 0.25) is 0 Å². The molecule has 0 aliphatic heterocycles. The first-order valence-electron chi connectivity index (χ1n) is 38.2. The minimum atomic E-state index is -4.98. The molecule has 0 spiro atoms. The Morgan fingerprint density at radius 3 is 0.865 bits per heavy atom. The second-order valence-corrected chi connectivity index (χ2v) is 28.5. The molecule has 0 amide bonds. The number of phosphoric ester groups is 2. The van der Waals surface area contributed by atoms with Crippen LogP contribution in [0.4, 0.5) is 0 Å². The third kappa shape index (κ3) is 69.0. The van der Waals surface area contributed by atoms with Gasteiger partial charge in [-0.05, 0) is 116 Å². The van der Waals surface area contributed by atoms with Crippen molar-refractivity contribution < 1.29 is 80.2 Å². The minimum absolute atomic E-state index is 0.0770. The molecule has 0 aliphatic rings. The van der Waals surface area contributed by atoms with Crippen LogP contribution in [0, 0.1) is 0 Å². The smallest absolute Gasteiger partial charge is 0.462 e. The Hall–Kier alpha value is -3.50. The molecule has 0 rings (SSSR count). The van der Waals surface area contributed by atoms with E-state index in [0.29, 0.717) is 25.7 Å². The van der Waals surface area contributed by atoms with Gasteiger partial charge in [0, 0.05) is 25.7 Å². The molecule has 96 heavy (non-hydrogen) atoms. The molecule has 0 heterocycles. The number of aliphatic hydroxyl groups is 1. The maximum absolute atomic E-state index is 13.1. The summed E-state index contributed by atoms with van der Waals surface area (Å²) in [6.45, 7) is 4.72. The number of esters is 4. The van der Waals surface area contributed by atoms with E-state index in [-0.39, 0.29) is 25.7 Å². The van der Waals surface area contributed by atoms with Crippen molar-refractivity contribution in [2.24, 2.45) is 0 Å². The topological polar surface area (TPSA) is 237 Å². The average molecular weight is 1400 g/mol. The highest BCUT2D eigenvalue weighted by Gasteiger charge is 2.30. The molecule has 17 nitrogen and oxygen atoms in total. The van der Waals surface area contributed by atoms with Crippen LogP contribution in [0.25, 0.3) is 0 Å². The van der Waals surface area contributed by atoms with Crippen LogP contribution >= 0.6 is 15.6 Å². The lowest BCUT2D eigenvalue weighted by atomic mass is 10.1. The van der Waals surface area contributed by atoms with Gasteiger partial charge in [0.15, 0.2) is 12.2 Å². The Bertz CT molecular complexity index is 2110. The van der Waals surface area contributed by atoms with E-state index in [1.54, 1.807) is 0 Å². The Balaban J connectivity index is 5.33. The van der Waals surface area contributed by atoms with Crippen LogP contribution in [-0.4, -0.2) is 96.7 Å². The van der Waals surface area contributed by atoms with Gasteiger partial charge in [-0.2, -0.15) is 0 Å². The molecular formula is C77H138O17P2. The summed E-state index contributed by atoms with van der Waals surface area (Å²) in [6.07, 6.45) is 68.9. The average Bonchev–Trinajstić information content (AvgIpc) is 1.09. The van der Waals surface area contributed by atoms with E-state index in [1.807, 2.05) is 0 Å². The molecule has 558 valence electrons. The van der Waals surface area contributed by atoms with Gasteiger partial charge >= 0.3 is 39.5 Å². The Morgan fingerprint density at radius 2 is 0.542 bits per heavy atom. The molecule has 0 aliphatic carbocycles. The van der Waals surface area contributed by atoms with E-state index in [2.05, 4.69) is 101 Å². The maximum atomic E-state index is 13.1. The van der Waals surface area contributed by atoms with Gasteiger partial charge in [-0.3, -0.25) is 37.3 Å². The quantitative estimate of drug-likeness (QED) is 0.0169. The first-order valence-corrected chi connectivity index (χ1v) is 41.2. The van der Waals surface area contributed by atoms with Crippen molar-refractivity contribution in [3.05, 3.63) is 72.9 Å². The van der Waals surface area contributed by atoms with Gasteiger partial charge in [-0.15, -0.1) is 0 Å². The van der Waals surface area contributed by atoms with Gasteiger partial charge in [0.25, 0.3) is 0 Å². The van der Waals surface area contributed by atoms with Crippen LogP contribution in [0.15, 0.2) is 72.9 Å². The number of hydrogen-bond acceptors (Lipinski definition) is 15. The fraction of sp³-hybridized carbons (Fsp3) is 0.792. The second-order valence-electron chi connectivity index (χ2n) is 25.6. The molecule has 0 aromatic heterocycles. The van der Waals surface area contributed by atoms with Gasteiger partial charge < -0.3 is 33.8 Å². The van der Waals surface area contributed by atoms with Gasteiger partial charge in [-0.25, -0.2) is 9.13 Å². The highest BCUT2D eigenvalue weighted by molar-refractivity contribution is 7.47. The summed E-state index contributed by atoms with van der Waals surface area (Å²) < 4.78 is 68.4. The molecule has 5 unspecified atom stereocenters. The maximum Gasteiger partial charge on any atom is 0.472 e. The number of phosphoric acid groups is 2. The first kappa shape index (κ1) is 92.5. The molecule has 0 fully saturated rings. The van der Waals surface area contributed by atoms with Crippen molar-refractivity contribution >= 4 is 39.5 Å². The van der Waals surface area contributed by atoms with Crippen molar-refractivity contribution in [1.82, 2.24) is 0 Å². The normalized spacial score (nSPS) is 14.4. The highest BCUT2D eigenvalue weighted by Crippen LogP contribution is 2.45. The number of carbonyl (C=O) groups is 4. The number of ether oxygens (including phenoxy) is 4.